The molecular formula is C14H22O6S2. The van der Waals surface area contributed by atoms with Crippen LogP contribution in [0.5, 0.6) is 0 Å². The second kappa shape index (κ2) is 8.05. The quantitative estimate of drug-likeness (QED) is 0.636. The van der Waals surface area contributed by atoms with E-state index in [9.17, 15) is 16.8 Å². The summed E-state index contributed by atoms with van der Waals surface area (Å²) in [5.74, 6) is 0. The smallest absolute Gasteiger partial charge is 0.266 e. The van der Waals surface area contributed by atoms with Crippen molar-refractivity contribution >= 4 is 20.2 Å². The Hall–Kier alpha value is -0.960. The van der Waals surface area contributed by atoms with Crippen molar-refractivity contribution in [2.75, 3.05) is 13.2 Å². The van der Waals surface area contributed by atoms with Gasteiger partial charge in [-0.25, -0.2) is 0 Å². The molecule has 1 aromatic rings. The van der Waals surface area contributed by atoms with E-state index in [-0.39, 0.29) is 23.0 Å². The monoisotopic (exact) mass is 350 g/mol. The molecule has 6 nitrogen and oxygen atoms in total. The summed E-state index contributed by atoms with van der Waals surface area (Å²) < 4.78 is 58.1. The number of hydrogen-bond donors (Lipinski definition) is 0. The Balaban J connectivity index is 3.30. The lowest BCUT2D eigenvalue weighted by Crippen LogP contribution is -2.11. The molecule has 0 atom stereocenters. The van der Waals surface area contributed by atoms with Crippen molar-refractivity contribution in [1.82, 2.24) is 0 Å². The van der Waals surface area contributed by atoms with Crippen molar-refractivity contribution in [1.29, 1.82) is 0 Å². The Morgan fingerprint density at radius 2 is 1.18 bits per heavy atom. The Kier molecular flexibility index (Phi) is 6.98. The Labute approximate surface area is 132 Å². The fraction of sp³-hybridized carbons (Fsp3) is 0.571. The van der Waals surface area contributed by atoms with E-state index in [2.05, 4.69) is 0 Å². The van der Waals surface area contributed by atoms with E-state index in [4.69, 9.17) is 8.37 Å². The van der Waals surface area contributed by atoms with E-state index in [1.165, 1.54) is 12.1 Å². The van der Waals surface area contributed by atoms with Crippen LogP contribution in [0.1, 0.15) is 39.2 Å². The average Bonchev–Trinajstić information content (AvgIpc) is 2.50. The highest BCUT2D eigenvalue weighted by Crippen LogP contribution is 2.22. The standard InChI is InChI=1S/C14H22O6S2/c1-4-7-19-21(15,16)13-9-12(6-3)10-14(11-13)22(17,18)20-8-5-2/h9-11H,4-8H2,1-3H3. The summed E-state index contributed by atoms with van der Waals surface area (Å²) in [5, 5.41) is 0. The third kappa shape index (κ3) is 5.05. The van der Waals surface area contributed by atoms with Gasteiger partial charge in [0.1, 0.15) is 0 Å². The summed E-state index contributed by atoms with van der Waals surface area (Å²) in [6.07, 6.45) is 1.57. The molecule has 0 N–H and O–H groups in total. The normalized spacial score (nSPS) is 12.5. The van der Waals surface area contributed by atoms with E-state index < -0.39 is 20.2 Å². The molecule has 0 aliphatic rings. The second-order valence-electron chi connectivity index (χ2n) is 4.72. The molecule has 0 aliphatic heterocycles. The Morgan fingerprint density at radius 1 is 0.773 bits per heavy atom. The van der Waals surface area contributed by atoms with Gasteiger partial charge in [0.05, 0.1) is 23.0 Å². The fourth-order valence-electron chi connectivity index (χ4n) is 1.65. The number of hydrogen-bond acceptors (Lipinski definition) is 6. The van der Waals surface area contributed by atoms with Crippen molar-refractivity contribution in [3.8, 4) is 0 Å². The molecule has 0 saturated heterocycles. The van der Waals surface area contributed by atoms with Gasteiger partial charge >= 0.3 is 0 Å². The van der Waals surface area contributed by atoms with E-state index in [1.54, 1.807) is 13.8 Å². The maximum absolute atomic E-state index is 12.1. The van der Waals surface area contributed by atoms with Crippen molar-refractivity contribution in [3.05, 3.63) is 23.8 Å². The zero-order valence-corrected chi connectivity index (χ0v) is 14.7. The van der Waals surface area contributed by atoms with Gasteiger partial charge in [-0.15, -0.1) is 0 Å². The SMILES string of the molecule is CCCOS(=O)(=O)c1cc(CC)cc(S(=O)(=O)OCCC)c1. The van der Waals surface area contributed by atoms with E-state index >= 15 is 0 Å². The molecule has 0 aromatic heterocycles. The molecule has 0 spiro atoms. The van der Waals surface area contributed by atoms with E-state index in [1.807, 2.05) is 6.92 Å². The molecular weight excluding hydrogens is 328 g/mol. The molecule has 0 aliphatic carbocycles. The van der Waals surface area contributed by atoms with E-state index in [0.717, 1.165) is 6.07 Å². The van der Waals surface area contributed by atoms with E-state index in [0.29, 0.717) is 24.8 Å². The highest BCUT2D eigenvalue weighted by Gasteiger charge is 2.22. The van der Waals surface area contributed by atoms with Crippen molar-refractivity contribution < 1.29 is 25.2 Å². The summed E-state index contributed by atoms with van der Waals surface area (Å²) in [4.78, 5) is -0.335. The summed E-state index contributed by atoms with van der Waals surface area (Å²) in [5.41, 5.74) is 0.583. The second-order valence-corrected chi connectivity index (χ2v) is 7.95. The number of aryl methyl sites for hydroxylation is 1. The Morgan fingerprint density at radius 3 is 1.50 bits per heavy atom. The summed E-state index contributed by atoms with van der Waals surface area (Å²) >= 11 is 0. The molecule has 0 amide bonds. The van der Waals surface area contributed by atoms with Gasteiger partial charge in [0.25, 0.3) is 20.2 Å². The first-order valence-corrected chi connectivity index (χ1v) is 10.0. The van der Waals surface area contributed by atoms with Gasteiger partial charge < -0.3 is 0 Å². The van der Waals surface area contributed by atoms with Gasteiger partial charge in [0.2, 0.25) is 0 Å². The lowest BCUT2D eigenvalue weighted by atomic mass is 10.2. The van der Waals surface area contributed by atoms with Crippen LogP contribution in [0.25, 0.3) is 0 Å². The maximum Gasteiger partial charge on any atom is 0.297 e. The number of benzene rings is 1. The van der Waals surface area contributed by atoms with Gasteiger partial charge in [-0.3, -0.25) is 8.37 Å². The lowest BCUT2D eigenvalue weighted by Gasteiger charge is -2.10. The topological polar surface area (TPSA) is 86.7 Å². The van der Waals surface area contributed by atoms with Crippen LogP contribution < -0.4 is 0 Å². The van der Waals surface area contributed by atoms with Crippen LogP contribution in [0.4, 0.5) is 0 Å². The molecule has 126 valence electrons. The predicted octanol–water partition coefficient (Wildman–Crippen LogP) is 2.48. The summed E-state index contributed by atoms with van der Waals surface area (Å²) in [6.45, 7) is 5.47. The minimum atomic E-state index is -3.98. The first kappa shape index (κ1) is 19.1. The molecule has 8 heteroatoms. The van der Waals surface area contributed by atoms with Crippen molar-refractivity contribution in [2.24, 2.45) is 0 Å². The highest BCUT2D eigenvalue weighted by molar-refractivity contribution is 7.87. The molecule has 0 heterocycles. The molecule has 0 saturated carbocycles. The van der Waals surface area contributed by atoms with Gasteiger partial charge in [0.15, 0.2) is 0 Å². The minimum Gasteiger partial charge on any atom is -0.266 e. The van der Waals surface area contributed by atoms with Crippen LogP contribution in [0.2, 0.25) is 0 Å². The lowest BCUT2D eigenvalue weighted by molar-refractivity contribution is 0.316. The third-order valence-electron chi connectivity index (χ3n) is 2.81. The molecule has 0 unspecified atom stereocenters. The molecule has 22 heavy (non-hydrogen) atoms. The average molecular weight is 350 g/mol. The molecule has 0 bridgehead atoms. The molecule has 0 radical (unpaired) electrons. The van der Waals surface area contributed by atoms with Crippen molar-refractivity contribution in [2.45, 2.75) is 49.8 Å². The minimum absolute atomic E-state index is 0.0487. The molecule has 1 aromatic carbocycles. The number of rotatable bonds is 9. The van der Waals surface area contributed by atoms with Crippen LogP contribution in [0.15, 0.2) is 28.0 Å². The Bertz CT molecular complexity index is 636. The largest absolute Gasteiger partial charge is 0.297 e. The van der Waals surface area contributed by atoms with Crippen LogP contribution in [0.3, 0.4) is 0 Å². The van der Waals surface area contributed by atoms with Crippen LogP contribution in [-0.2, 0) is 35.0 Å². The zero-order valence-electron chi connectivity index (χ0n) is 13.0. The van der Waals surface area contributed by atoms with Crippen LogP contribution in [-0.4, -0.2) is 30.0 Å². The third-order valence-corrected chi connectivity index (χ3v) is 5.39. The van der Waals surface area contributed by atoms with Crippen molar-refractivity contribution in [3.63, 3.8) is 0 Å². The van der Waals surface area contributed by atoms with Gasteiger partial charge in [-0.1, -0.05) is 20.8 Å². The summed E-state index contributed by atoms with van der Waals surface area (Å²) in [7, 11) is -7.96. The first-order chi connectivity index (χ1) is 10.3. The van der Waals surface area contributed by atoms with Gasteiger partial charge in [-0.05, 0) is 43.0 Å². The zero-order chi connectivity index (χ0) is 16.8. The predicted molar refractivity (Wildman–Crippen MR) is 82.7 cm³/mol. The van der Waals surface area contributed by atoms with Gasteiger partial charge in [-0.2, -0.15) is 16.8 Å². The first-order valence-electron chi connectivity index (χ1n) is 7.19. The molecule has 0 fully saturated rings. The van der Waals surface area contributed by atoms with Crippen LogP contribution in [0, 0.1) is 0 Å². The van der Waals surface area contributed by atoms with Gasteiger partial charge in [0, 0.05) is 0 Å². The summed E-state index contributed by atoms with van der Waals surface area (Å²) in [6, 6.07) is 3.92. The van der Waals surface area contributed by atoms with Crippen LogP contribution >= 0.6 is 0 Å². The maximum atomic E-state index is 12.1. The highest BCUT2D eigenvalue weighted by atomic mass is 32.2. The molecule has 1 rings (SSSR count). The fourth-order valence-corrected chi connectivity index (χ4v) is 3.90.